The molecule has 1 saturated heterocycles. The van der Waals surface area contributed by atoms with Crippen molar-refractivity contribution in [2.75, 3.05) is 25.3 Å². The van der Waals surface area contributed by atoms with E-state index in [1.807, 2.05) is 42.3 Å². The molecule has 2 aliphatic heterocycles. The fourth-order valence-corrected chi connectivity index (χ4v) is 5.00. The average Bonchev–Trinajstić information content (AvgIpc) is 3.33. The summed E-state index contributed by atoms with van der Waals surface area (Å²) in [6.45, 7) is 3.36. The van der Waals surface area contributed by atoms with Crippen LogP contribution in [0.2, 0.25) is 15.1 Å². The van der Waals surface area contributed by atoms with Crippen molar-refractivity contribution in [3.05, 3.63) is 63.1 Å². The Balaban J connectivity index is 0.00000306. The molecule has 1 fully saturated rings. The summed E-state index contributed by atoms with van der Waals surface area (Å²) in [4.78, 5) is 13.3. The summed E-state index contributed by atoms with van der Waals surface area (Å²) in [6.07, 6.45) is 1.99. The van der Waals surface area contributed by atoms with Crippen LogP contribution in [0.1, 0.15) is 31.4 Å². The van der Waals surface area contributed by atoms with Gasteiger partial charge < -0.3 is 4.74 Å². The lowest BCUT2D eigenvalue weighted by atomic mass is 9.91. The molecule has 2 aromatic rings. The zero-order valence-corrected chi connectivity index (χ0v) is 21.4. The number of benzene rings is 2. The second kappa shape index (κ2) is 11.3. The molecule has 0 unspecified atom stereocenters. The zero-order valence-electron chi connectivity index (χ0n) is 18.3. The summed E-state index contributed by atoms with van der Waals surface area (Å²) in [5.74, 6) is -0.404. The van der Waals surface area contributed by atoms with E-state index in [-0.39, 0.29) is 36.3 Å². The standard InChI is InChI=1S/C23H25Cl3N4O2.ClH/c1-14-21(23(31)28-29-11-3-4-18(29)13-32-2)27-30(20-10-9-17(25)12-19(20)26)22(14)15-5-7-16(24)8-6-15;/h5-10,12,14,18,22H,3-4,11,13H2,1-2H3,(H,28,31);1H/t14-,18-,22+;/m1./s1. The molecular weight excluding hydrogens is 506 g/mol. The quantitative estimate of drug-likeness (QED) is 0.514. The third kappa shape index (κ3) is 5.59. The van der Waals surface area contributed by atoms with Gasteiger partial charge >= 0.3 is 0 Å². The van der Waals surface area contributed by atoms with Crippen molar-refractivity contribution < 1.29 is 9.53 Å². The van der Waals surface area contributed by atoms with Gasteiger partial charge in [0.05, 0.1) is 29.4 Å². The molecule has 0 spiro atoms. The van der Waals surface area contributed by atoms with Crippen molar-refractivity contribution in [1.29, 1.82) is 0 Å². The first-order chi connectivity index (χ1) is 15.4. The minimum absolute atomic E-state index is 0. The van der Waals surface area contributed by atoms with Crippen molar-refractivity contribution >= 4 is 64.5 Å². The third-order valence-electron chi connectivity index (χ3n) is 5.97. The van der Waals surface area contributed by atoms with Gasteiger partial charge in [-0.05, 0) is 48.7 Å². The summed E-state index contributed by atoms with van der Waals surface area (Å²) in [5, 5.41) is 10.1. The lowest BCUT2D eigenvalue weighted by Gasteiger charge is -2.28. The number of nitrogens with one attached hydrogen (secondary N) is 1. The topological polar surface area (TPSA) is 57.2 Å². The van der Waals surface area contributed by atoms with Gasteiger partial charge in [-0.25, -0.2) is 5.01 Å². The van der Waals surface area contributed by atoms with E-state index < -0.39 is 0 Å². The number of anilines is 1. The first-order valence-corrected chi connectivity index (χ1v) is 11.7. The monoisotopic (exact) mass is 530 g/mol. The molecule has 0 radical (unpaired) electrons. The summed E-state index contributed by atoms with van der Waals surface area (Å²) in [5.41, 5.74) is 5.16. The fraction of sp³-hybridized carbons (Fsp3) is 0.391. The number of hydrogen-bond donors (Lipinski definition) is 1. The number of hydrogen-bond acceptors (Lipinski definition) is 5. The molecule has 0 saturated carbocycles. The van der Waals surface area contributed by atoms with E-state index >= 15 is 0 Å². The zero-order chi connectivity index (χ0) is 22.8. The number of hydrazone groups is 1. The Morgan fingerprint density at radius 2 is 1.85 bits per heavy atom. The van der Waals surface area contributed by atoms with Gasteiger partial charge in [-0.2, -0.15) is 5.10 Å². The predicted molar refractivity (Wildman–Crippen MR) is 137 cm³/mol. The largest absolute Gasteiger partial charge is 0.383 e. The van der Waals surface area contributed by atoms with Crippen LogP contribution in [0.4, 0.5) is 5.69 Å². The van der Waals surface area contributed by atoms with Gasteiger partial charge in [0.1, 0.15) is 5.71 Å². The number of methoxy groups -OCH3 is 1. The van der Waals surface area contributed by atoms with Crippen LogP contribution >= 0.6 is 47.2 Å². The van der Waals surface area contributed by atoms with Crippen molar-refractivity contribution in [3.8, 4) is 0 Å². The molecule has 0 aromatic heterocycles. The maximum Gasteiger partial charge on any atom is 0.282 e. The van der Waals surface area contributed by atoms with E-state index in [4.69, 9.17) is 44.6 Å². The van der Waals surface area contributed by atoms with Crippen molar-refractivity contribution in [2.24, 2.45) is 11.0 Å². The molecule has 33 heavy (non-hydrogen) atoms. The molecule has 3 atom stereocenters. The van der Waals surface area contributed by atoms with Gasteiger partial charge in [0.15, 0.2) is 0 Å². The third-order valence-corrected chi connectivity index (χ3v) is 6.76. The molecule has 0 bridgehead atoms. The Kier molecular flexibility index (Phi) is 8.89. The number of halogens is 4. The Morgan fingerprint density at radius 1 is 1.15 bits per heavy atom. The first-order valence-electron chi connectivity index (χ1n) is 10.5. The molecule has 1 N–H and O–H groups in total. The maximum absolute atomic E-state index is 13.3. The highest BCUT2D eigenvalue weighted by Crippen LogP contribution is 2.42. The summed E-state index contributed by atoms with van der Waals surface area (Å²) >= 11 is 18.7. The second-order valence-electron chi connectivity index (χ2n) is 8.10. The Bertz CT molecular complexity index is 1020. The van der Waals surface area contributed by atoms with Crippen LogP contribution in [0.5, 0.6) is 0 Å². The van der Waals surface area contributed by atoms with E-state index in [9.17, 15) is 4.79 Å². The summed E-state index contributed by atoms with van der Waals surface area (Å²) in [7, 11) is 1.67. The molecule has 2 heterocycles. The smallest absolute Gasteiger partial charge is 0.282 e. The van der Waals surface area contributed by atoms with Gasteiger partial charge in [0.2, 0.25) is 0 Å². The average molecular weight is 532 g/mol. The normalized spacial score (nSPS) is 22.8. The molecule has 4 rings (SSSR count). The van der Waals surface area contributed by atoms with Crippen molar-refractivity contribution in [3.63, 3.8) is 0 Å². The number of carbonyl (C=O) groups is 1. The van der Waals surface area contributed by atoms with Crippen LogP contribution in [0, 0.1) is 5.92 Å². The summed E-state index contributed by atoms with van der Waals surface area (Å²) in [6, 6.07) is 12.8. The van der Waals surface area contributed by atoms with Crippen LogP contribution in [0.15, 0.2) is 47.6 Å². The number of amides is 1. The van der Waals surface area contributed by atoms with Gasteiger partial charge in [-0.15, -0.1) is 12.4 Å². The van der Waals surface area contributed by atoms with Crippen molar-refractivity contribution in [1.82, 2.24) is 10.4 Å². The highest BCUT2D eigenvalue weighted by atomic mass is 35.5. The number of hydrazine groups is 1. The lowest BCUT2D eigenvalue weighted by Crippen LogP contribution is -2.49. The number of nitrogens with zero attached hydrogens (tertiary/aromatic N) is 3. The molecule has 2 aliphatic rings. The van der Waals surface area contributed by atoms with E-state index in [0.717, 1.165) is 24.9 Å². The van der Waals surface area contributed by atoms with Crippen LogP contribution in [-0.2, 0) is 9.53 Å². The predicted octanol–water partition coefficient (Wildman–Crippen LogP) is 5.76. The maximum atomic E-state index is 13.3. The Hall–Kier alpha value is -1.54. The van der Waals surface area contributed by atoms with E-state index in [0.29, 0.717) is 33.1 Å². The Labute approximate surface area is 215 Å². The number of ether oxygens (including phenoxy) is 1. The van der Waals surface area contributed by atoms with Gasteiger partial charge in [0.25, 0.3) is 5.91 Å². The highest BCUT2D eigenvalue weighted by molar-refractivity contribution is 6.41. The molecule has 6 nitrogen and oxygen atoms in total. The molecule has 0 aliphatic carbocycles. The van der Waals surface area contributed by atoms with Crippen molar-refractivity contribution in [2.45, 2.75) is 31.8 Å². The molecule has 1 amide bonds. The Morgan fingerprint density at radius 3 is 2.52 bits per heavy atom. The number of rotatable bonds is 6. The second-order valence-corrected chi connectivity index (χ2v) is 9.38. The van der Waals surface area contributed by atoms with E-state index in [1.54, 1.807) is 24.3 Å². The molecule has 10 heteroatoms. The molecular formula is C23H26Cl4N4O2. The fourth-order valence-electron chi connectivity index (χ4n) is 4.38. The highest BCUT2D eigenvalue weighted by Gasteiger charge is 2.41. The van der Waals surface area contributed by atoms with Gasteiger partial charge in [0, 0.05) is 29.6 Å². The SMILES string of the molecule is COC[C@H]1CCCN1NC(=O)C1=NN(c2ccc(Cl)cc2Cl)[C@H](c2ccc(Cl)cc2)[C@@H]1C.Cl. The minimum Gasteiger partial charge on any atom is -0.383 e. The summed E-state index contributed by atoms with van der Waals surface area (Å²) < 4.78 is 5.30. The molecule has 2 aromatic carbocycles. The van der Waals surface area contributed by atoms with E-state index in [1.165, 1.54) is 0 Å². The van der Waals surface area contributed by atoms with Crippen LogP contribution < -0.4 is 10.4 Å². The van der Waals surface area contributed by atoms with Crippen LogP contribution in [0.3, 0.4) is 0 Å². The molecule has 178 valence electrons. The van der Waals surface area contributed by atoms with Crippen LogP contribution in [-0.4, -0.2) is 42.9 Å². The van der Waals surface area contributed by atoms with Gasteiger partial charge in [-0.3, -0.25) is 15.2 Å². The first kappa shape index (κ1) is 26.1. The van der Waals surface area contributed by atoms with Gasteiger partial charge in [-0.1, -0.05) is 53.9 Å². The lowest BCUT2D eigenvalue weighted by molar-refractivity contribution is -0.120. The van der Waals surface area contributed by atoms with Crippen LogP contribution in [0.25, 0.3) is 0 Å². The minimum atomic E-state index is -0.222. The number of carbonyl (C=O) groups excluding carboxylic acids is 1. The van der Waals surface area contributed by atoms with E-state index in [2.05, 4.69) is 5.43 Å².